The van der Waals surface area contributed by atoms with E-state index in [0.717, 1.165) is 12.8 Å². The van der Waals surface area contributed by atoms with Gasteiger partial charge in [0.25, 0.3) is 0 Å². The summed E-state index contributed by atoms with van der Waals surface area (Å²) in [5.41, 5.74) is 7.43. The predicted molar refractivity (Wildman–Crippen MR) is 75.3 cm³/mol. The topological polar surface area (TPSA) is 53.7 Å². The zero-order valence-corrected chi connectivity index (χ0v) is 11.9. The van der Waals surface area contributed by atoms with Gasteiger partial charge in [0.2, 0.25) is 5.75 Å². The lowest BCUT2D eigenvalue weighted by atomic mass is 9.80. The van der Waals surface area contributed by atoms with Gasteiger partial charge in [-0.05, 0) is 36.5 Å². The van der Waals surface area contributed by atoms with E-state index in [2.05, 4.69) is 0 Å². The van der Waals surface area contributed by atoms with Crippen LogP contribution in [0.25, 0.3) is 0 Å². The second kappa shape index (κ2) is 6.15. The Morgan fingerprint density at radius 3 is 2.00 bits per heavy atom. The van der Waals surface area contributed by atoms with Crippen LogP contribution in [-0.4, -0.2) is 27.4 Å². The van der Waals surface area contributed by atoms with Gasteiger partial charge in [-0.25, -0.2) is 0 Å². The summed E-state index contributed by atoms with van der Waals surface area (Å²) in [6, 6.07) is 4.27. The first-order valence-electron chi connectivity index (χ1n) is 6.76. The van der Waals surface area contributed by atoms with Crippen LogP contribution in [0.15, 0.2) is 12.1 Å². The summed E-state index contributed by atoms with van der Waals surface area (Å²) < 4.78 is 16.1. The summed E-state index contributed by atoms with van der Waals surface area (Å²) >= 11 is 0. The normalized spacial score (nSPS) is 22.9. The highest BCUT2D eigenvalue weighted by molar-refractivity contribution is 5.54. The molecule has 1 fully saturated rings. The predicted octanol–water partition coefficient (Wildman–Crippen LogP) is 2.70. The van der Waals surface area contributed by atoms with Gasteiger partial charge in [-0.2, -0.15) is 0 Å². The lowest BCUT2D eigenvalue weighted by Gasteiger charge is -2.29. The Bertz CT molecular complexity index is 408. The molecule has 4 heteroatoms. The van der Waals surface area contributed by atoms with Gasteiger partial charge in [0, 0.05) is 6.04 Å². The molecule has 0 bridgehead atoms. The Kier molecular flexibility index (Phi) is 4.53. The van der Waals surface area contributed by atoms with E-state index in [4.69, 9.17) is 19.9 Å². The molecule has 2 atom stereocenters. The number of hydrogen-bond donors (Lipinski definition) is 1. The smallest absolute Gasteiger partial charge is 0.203 e. The first-order chi connectivity index (χ1) is 9.21. The van der Waals surface area contributed by atoms with Crippen molar-refractivity contribution >= 4 is 0 Å². The van der Waals surface area contributed by atoms with E-state index in [-0.39, 0.29) is 6.04 Å². The quantitative estimate of drug-likeness (QED) is 0.909. The zero-order chi connectivity index (χ0) is 13.8. The number of rotatable bonds is 4. The highest BCUT2D eigenvalue weighted by Crippen LogP contribution is 2.42. The first-order valence-corrected chi connectivity index (χ1v) is 6.76. The van der Waals surface area contributed by atoms with Crippen molar-refractivity contribution in [1.29, 1.82) is 0 Å². The van der Waals surface area contributed by atoms with Gasteiger partial charge in [0.15, 0.2) is 11.5 Å². The Morgan fingerprint density at radius 1 is 0.947 bits per heavy atom. The van der Waals surface area contributed by atoms with Crippen molar-refractivity contribution in [2.45, 2.75) is 37.6 Å². The SMILES string of the molecule is COc1cc(C2CCCCC2N)cc(OC)c1OC. The molecule has 2 rings (SSSR count). The van der Waals surface area contributed by atoms with Gasteiger partial charge in [0.05, 0.1) is 21.3 Å². The minimum atomic E-state index is 0.219. The maximum Gasteiger partial charge on any atom is 0.203 e. The number of benzene rings is 1. The molecule has 0 aliphatic heterocycles. The fraction of sp³-hybridized carbons (Fsp3) is 0.600. The second-order valence-corrected chi connectivity index (χ2v) is 5.01. The molecule has 0 heterocycles. The summed E-state index contributed by atoms with van der Waals surface area (Å²) in [6.07, 6.45) is 4.66. The highest BCUT2D eigenvalue weighted by atomic mass is 16.5. The van der Waals surface area contributed by atoms with E-state index in [1.54, 1.807) is 21.3 Å². The molecule has 1 aliphatic carbocycles. The van der Waals surface area contributed by atoms with Gasteiger partial charge >= 0.3 is 0 Å². The Morgan fingerprint density at radius 2 is 1.53 bits per heavy atom. The fourth-order valence-electron chi connectivity index (χ4n) is 2.89. The molecule has 0 amide bonds. The number of hydrogen-bond acceptors (Lipinski definition) is 4. The van der Waals surface area contributed by atoms with Gasteiger partial charge < -0.3 is 19.9 Å². The molecule has 4 nitrogen and oxygen atoms in total. The van der Waals surface area contributed by atoms with Crippen LogP contribution in [-0.2, 0) is 0 Å². The summed E-state index contributed by atoms with van der Waals surface area (Å²) in [5.74, 6) is 2.42. The maximum absolute atomic E-state index is 6.25. The number of nitrogens with two attached hydrogens (primary N) is 1. The van der Waals surface area contributed by atoms with E-state index < -0.39 is 0 Å². The van der Waals surface area contributed by atoms with Gasteiger partial charge in [-0.15, -0.1) is 0 Å². The monoisotopic (exact) mass is 265 g/mol. The van der Waals surface area contributed by atoms with E-state index in [1.807, 2.05) is 12.1 Å². The molecule has 1 saturated carbocycles. The summed E-state index contributed by atoms with van der Waals surface area (Å²) in [7, 11) is 4.90. The average molecular weight is 265 g/mol. The molecule has 2 unspecified atom stereocenters. The third-order valence-electron chi connectivity index (χ3n) is 3.93. The summed E-state index contributed by atoms with van der Waals surface area (Å²) in [4.78, 5) is 0. The van der Waals surface area contributed by atoms with Crippen LogP contribution < -0.4 is 19.9 Å². The van der Waals surface area contributed by atoms with Crippen molar-refractivity contribution in [3.8, 4) is 17.2 Å². The fourth-order valence-corrected chi connectivity index (χ4v) is 2.89. The zero-order valence-electron chi connectivity index (χ0n) is 11.9. The molecular weight excluding hydrogens is 242 g/mol. The molecular formula is C15H23NO3. The minimum Gasteiger partial charge on any atom is -0.493 e. The standard InChI is InChI=1S/C15H23NO3/c1-17-13-8-10(9-14(18-2)15(13)19-3)11-6-4-5-7-12(11)16/h8-9,11-12H,4-7,16H2,1-3H3. The van der Waals surface area contributed by atoms with Crippen LogP contribution >= 0.6 is 0 Å². The van der Waals surface area contributed by atoms with Crippen molar-refractivity contribution in [3.63, 3.8) is 0 Å². The van der Waals surface area contributed by atoms with Crippen molar-refractivity contribution in [1.82, 2.24) is 0 Å². The lowest BCUT2D eigenvalue weighted by molar-refractivity contribution is 0.321. The molecule has 19 heavy (non-hydrogen) atoms. The molecule has 1 aliphatic rings. The van der Waals surface area contributed by atoms with Gasteiger partial charge in [-0.3, -0.25) is 0 Å². The van der Waals surface area contributed by atoms with E-state index in [9.17, 15) is 0 Å². The molecule has 0 saturated heterocycles. The van der Waals surface area contributed by atoms with E-state index >= 15 is 0 Å². The van der Waals surface area contributed by atoms with Crippen LogP contribution in [0.3, 0.4) is 0 Å². The minimum absolute atomic E-state index is 0.219. The largest absolute Gasteiger partial charge is 0.493 e. The molecule has 2 N–H and O–H groups in total. The lowest BCUT2D eigenvalue weighted by Crippen LogP contribution is -2.31. The van der Waals surface area contributed by atoms with Gasteiger partial charge in [0.1, 0.15) is 0 Å². The highest BCUT2D eigenvalue weighted by Gasteiger charge is 2.25. The average Bonchev–Trinajstić information content (AvgIpc) is 2.46. The molecule has 0 spiro atoms. The number of methoxy groups -OCH3 is 3. The molecule has 106 valence electrons. The van der Waals surface area contributed by atoms with Crippen molar-refractivity contribution in [2.24, 2.45) is 5.73 Å². The molecule has 0 radical (unpaired) electrons. The van der Waals surface area contributed by atoms with Crippen molar-refractivity contribution in [3.05, 3.63) is 17.7 Å². The maximum atomic E-state index is 6.25. The Hall–Kier alpha value is -1.42. The van der Waals surface area contributed by atoms with Crippen LogP contribution in [0.2, 0.25) is 0 Å². The molecule has 0 aromatic heterocycles. The van der Waals surface area contributed by atoms with E-state index in [1.165, 1.54) is 18.4 Å². The van der Waals surface area contributed by atoms with Crippen molar-refractivity contribution < 1.29 is 14.2 Å². The second-order valence-electron chi connectivity index (χ2n) is 5.01. The third kappa shape index (κ3) is 2.78. The summed E-state index contributed by atoms with van der Waals surface area (Å²) in [6.45, 7) is 0. The molecule has 1 aromatic rings. The summed E-state index contributed by atoms with van der Waals surface area (Å²) in [5, 5.41) is 0. The first kappa shape index (κ1) is 14.0. The number of ether oxygens (including phenoxy) is 3. The molecule has 1 aromatic carbocycles. The Balaban J connectivity index is 2.40. The Labute approximate surface area is 114 Å². The third-order valence-corrected chi connectivity index (χ3v) is 3.93. The van der Waals surface area contributed by atoms with Crippen LogP contribution in [0.4, 0.5) is 0 Å². The van der Waals surface area contributed by atoms with Crippen LogP contribution in [0.1, 0.15) is 37.2 Å². The van der Waals surface area contributed by atoms with Crippen LogP contribution in [0.5, 0.6) is 17.2 Å². The van der Waals surface area contributed by atoms with E-state index in [0.29, 0.717) is 23.2 Å². The van der Waals surface area contributed by atoms with Gasteiger partial charge in [-0.1, -0.05) is 12.8 Å². The van der Waals surface area contributed by atoms with Crippen LogP contribution in [0, 0.1) is 0 Å². The van der Waals surface area contributed by atoms with Crippen molar-refractivity contribution in [2.75, 3.05) is 21.3 Å².